The summed E-state index contributed by atoms with van der Waals surface area (Å²) < 4.78 is 26.4. The lowest BCUT2D eigenvalue weighted by molar-refractivity contribution is 0.124. The van der Waals surface area contributed by atoms with Crippen molar-refractivity contribution < 1.29 is 13.3 Å². The second kappa shape index (κ2) is 4.91. The normalized spacial score (nSPS) is 14.0. The van der Waals surface area contributed by atoms with Gasteiger partial charge in [0.05, 0.1) is 18.0 Å². The van der Waals surface area contributed by atoms with Gasteiger partial charge >= 0.3 is 0 Å². The maximum atomic E-state index is 12.0. The molecule has 16 heavy (non-hydrogen) atoms. The summed E-state index contributed by atoms with van der Waals surface area (Å²) in [6.07, 6.45) is 0. The smallest absolute Gasteiger partial charge is 0.244 e. The van der Waals surface area contributed by atoms with Crippen molar-refractivity contribution in [1.82, 2.24) is 14.9 Å². The SMILES string of the molecule is Cc1n[nH]c(C)c1S(=O)(=O)NC(C)CON. The van der Waals surface area contributed by atoms with E-state index >= 15 is 0 Å². The quantitative estimate of drug-likeness (QED) is 0.613. The van der Waals surface area contributed by atoms with E-state index in [1.54, 1.807) is 20.8 Å². The molecule has 7 nitrogen and oxygen atoms in total. The molecule has 0 aliphatic rings. The molecule has 1 aromatic rings. The molecule has 1 atom stereocenters. The van der Waals surface area contributed by atoms with Crippen LogP contribution >= 0.6 is 0 Å². The molecule has 0 bridgehead atoms. The molecule has 92 valence electrons. The van der Waals surface area contributed by atoms with Gasteiger partial charge < -0.3 is 4.84 Å². The number of aryl methyl sites for hydroxylation is 2. The van der Waals surface area contributed by atoms with Crippen molar-refractivity contribution in [3.05, 3.63) is 11.4 Å². The fourth-order valence-electron chi connectivity index (χ4n) is 1.44. The number of aromatic nitrogens is 2. The van der Waals surface area contributed by atoms with Crippen molar-refractivity contribution in [3.63, 3.8) is 0 Å². The van der Waals surface area contributed by atoms with Gasteiger partial charge in [-0.2, -0.15) is 5.10 Å². The largest absolute Gasteiger partial charge is 0.303 e. The Balaban J connectivity index is 2.95. The molecular formula is C8H16N4O3S. The minimum Gasteiger partial charge on any atom is -0.303 e. The summed E-state index contributed by atoms with van der Waals surface area (Å²) in [6, 6.07) is -0.399. The molecule has 0 saturated carbocycles. The summed E-state index contributed by atoms with van der Waals surface area (Å²) in [5.41, 5.74) is 0.941. The zero-order valence-electron chi connectivity index (χ0n) is 9.44. The highest BCUT2D eigenvalue weighted by Gasteiger charge is 2.23. The number of nitrogens with two attached hydrogens (primary N) is 1. The second-order valence-corrected chi connectivity index (χ2v) is 5.27. The van der Waals surface area contributed by atoms with Crippen molar-refractivity contribution in [2.45, 2.75) is 31.7 Å². The standard InChI is InChI=1S/C8H16N4O3S/c1-5(4-15-9)12-16(13,14)8-6(2)10-11-7(8)3/h5,12H,4,9H2,1-3H3,(H,10,11). The average molecular weight is 248 g/mol. The van der Waals surface area contributed by atoms with Crippen molar-refractivity contribution >= 4 is 10.0 Å². The predicted octanol–water partition coefficient (Wildman–Crippen LogP) is -0.416. The molecule has 0 aliphatic carbocycles. The molecule has 0 amide bonds. The van der Waals surface area contributed by atoms with E-state index in [2.05, 4.69) is 19.8 Å². The Hall–Kier alpha value is -0.960. The van der Waals surface area contributed by atoms with E-state index in [1.807, 2.05) is 0 Å². The van der Waals surface area contributed by atoms with Crippen LogP contribution in [0.2, 0.25) is 0 Å². The van der Waals surface area contributed by atoms with Gasteiger partial charge in [0.1, 0.15) is 4.90 Å². The van der Waals surface area contributed by atoms with Gasteiger partial charge in [0.25, 0.3) is 0 Å². The molecule has 0 radical (unpaired) electrons. The Morgan fingerprint density at radius 3 is 2.62 bits per heavy atom. The van der Waals surface area contributed by atoms with Crippen LogP contribution in [-0.2, 0) is 14.9 Å². The van der Waals surface area contributed by atoms with E-state index in [1.165, 1.54) is 0 Å². The number of hydrogen-bond donors (Lipinski definition) is 3. The van der Waals surface area contributed by atoms with Gasteiger partial charge in [-0.3, -0.25) is 5.10 Å². The highest BCUT2D eigenvalue weighted by atomic mass is 32.2. The third-order valence-corrected chi connectivity index (χ3v) is 3.88. The molecule has 0 aromatic carbocycles. The molecule has 1 aromatic heterocycles. The van der Waals surface area contributed by atoms with Crippen LogP contribution in [0.25, 0.3) is 0 Å². The highest BCUT2D eigenvalue weighted by molar-refractivity contribution is 7.89. The molecule has 1 unspecified atom stereocenters. The topological polar surface area (TPSA) is 110 Å². The lowest BCUT2D eigenvalue weighted by Crippen LogP contribution is -2.37. The third-order valence-electron chi connectivity index (χ3n) is 2.03. The van der Waals surface area contributed by atoms with Crippen molar-refractivity contribution in [1.29, 1.82) is 0 Å². The number of nitrogens with zero attached hydrogens (tertiary/aromatic N) is 1. The number of H-pyrrole nitrogens is 1. The minimum atomic E-state index is -3.58. The van der Waals surface area contributed by atoms with Crippen LogP contribution in [0.3, 0.4) is 0 Å². The Morgan fingerprint density at radius 2 is 2.19 bits per heavy atom. The van der Waals surface area contributed by atoms with Gasteiger partial charge in [0.2, 0.25) is 10.0 Å². The number of nitrogens with one attached hydrogen (secondary N) is 2. The molecule has 0 fully saturated rings. The van der Waals surface area contributed by atoms with Crippen LogP contribution in [-0.4, -0.2) is 31.3 Å². The van der Waals surface area contributed by atoms with E-state index in [-0.39, 0.29) is 11.5 Å². The summed E-state index contributed by atoms with van der Waals surface area (Å²) in [6.45, 7) is 5.05. The van der Waals surface area contributed by atoms with E-state index in [9.17, 15) is 8.42 Å². The Bertz CT molecular complexity index is 434. The number of sulfonamides is 1. The van der Waals surface area contributed by atoms with Crippen molar-refractivity contribution in [3.8, 4) is 0 Å². The maximum Gasteiger partial charge on any atom is 0.244 e. The van der Waals surface area contributed by atoms with Crippen LogP contribution in [0.1, 0.15) is 18.3 Å². The molecule has 1 rings (SSSR count). The van der Waals surface area contributed by atoms with Crippen LogP contribution < -0.4 is 10.6 Å². The van der Waals surface area contributed by atoms with Crippen molar-refractivity contribution in [2.75, 3.05) is 6.61 Å². The van der Waals surface area contributed by atoms with Crippen molar-refractivity contribution in [2.24, 2.45) is 5.90 Å². The average Bonchev–Trinajstić information content (AvgIpc) is 2.45. The predicted molar refractivity (Wildman–Crippen MR) is 58.0 cm³/mol. The first-order valence-corrected chi connectivity index (χ1v) is 6.22. The minimum absolute atomic E-state index is 0.106. The van der Waals surface area contributed by atoms with E-state index in [0.717, 1.165) is 0 Å². The van der Waals surface area contributed by atoms with Gasteiger partial charge in [-0.1, -0.05) is 0 Å². The summed E-state index contributed by atoms with van der Waals surface area (Å²) in [7, 11) is -3.58. The van der Waals surface area contributed by atoms with Gasteiger partial charge in [-0.05, 0) is 20.8 Å². The molecule has 0 spiro atoms. The maximum absolute atomic E-state index is 12.0. The van der Waals surface area contributed by atoms with Crippen LogP contribution in [0.4, 0.5) is 0 Å². The molecule has 8 heteroatoms. The van der Waals surface area contributed by atoms with E-state index in [4.69, 9.17) is 5.90 Å². The first-order valence-electron chi connectivity index (χ1n) is 4.74. The summed E-state index contributed by atoms with van der Waals surface area (Å²) in [4.78, 5) is 4.55. The Kier molecular flexibility index (Phi) is 4.03. The van der Waals surface area contributed by atoms with Crippen LogP contribution in [0, 0.1) is 13.8 Å². The van der Waals surface area contributed by atoms with E-state index < -0.39 is 16.1 Å². The third kappa shape index (κ3) is 2.79. The van der Waals surface area contributed by atoms with Gasteiger partial charge in [-0.15, -0.1) is 0 Å². The van der Waals surface area contributed by atoms with Crippen LogP contribution in [0.5, 0.6) is 0 Å². The highest BCUT2D eigenvalue weighted by Crippen LogP contribution is 2.16. The monoisotopic (exact) mass is 248 g/mol. The fraction of sp³-hybridized carbons (Fsp3) is 0.625. The molecule has 0 aliphatic heterocycles. The molecule has 1 heterocycles. The Labute approximate surface area is 94.4 Å². The van der Waals surface area contributed by atoms with Gasteiger partial charge in [-0.25, -0.2) is 19.0 Å². The van der Waals surface area contributed by atoms with E-state index in [0.29, 0.717) is 11.4 Å². The first-order chi connectivity index (χ1) is 7.38. The molecule has 0 saturated heterocycles. The number of aromatic amines is 1. The lowest BCUT2D eigenvalue weighted by atomic mass is 10.4. The molecular weight excluding hydrogens is 232 g/mol. The van der Waals surface area contributed by atoms with Gasteiger partial charge in [0, 0.05) is 6.04 Å². The number of rotatable bonds is 5. The lowest BCUT2D eigenvalue weighted by Gasteiger charge is -2.12. The summed E-state index contributed by atoms with van der Waals surface area (Å²) >= 11 is 0. The first kappa shape index (κ1) is 13.1. The second-order valence-electron chi connectivity index (χ2n) is 3.62. The summed E-state index contributed by atoms with van der Waals surface area (Å²) in [5, 5.41) is 6.46. The fourth-order valence-corrected chi connectivity index (χ4v) is 3.04. The van der Waals surface area contributed by atoms with Crippen LogP contribution in [0.15, 0.2) is 4.90 Å². The van der Waals surface area contributed by atoms with Gasteiger partial charge in [0.15, 0.2) is 0 Å². The number of hydrogen-bond acceptors (Lipinski definition) is 5. The zero-order chi connectivity index (χ0) is 12.3. The molecule has 4 N–H and O–H groups in total. The zero-order valence-corrected chi connectivity index (χ0v) is 10.3. The summed E-state index contributed by atoms with van der Waals surface area (Å²) in [5.74, 6) is 4.87. The Morgan fingerprint density at radius 1 is 1.56 bits per heavy atom.